The van der Waals surface area contributed by atoms with Crippen molar-refractivity contribution < 1.29 is 24.0 Å². The van der Waals surface area contributed by atoms with Crippen LogP contribution >= 0.6 is 22.9 Å². The van der Waals surface area contributed by atoms with Gasteiger partial charge in [-0.3, -0.25) is 28.9 Å². The molecule has 1 atom stereocenters. The van der Waals surface area contributed by atoms with Gasteiger partial charge in [-0.15, -0.1) is 22.9 Å². The maximum absolute atomic E-state index is 13.9. The third-order valence-electron chi connectivity index (χ3n) is 9.84. The molecule has 3 aromatic carbocycles. The molecule has 6 aromatic rings. The second-order valence-corrected chi connectivity index (χ2v) is 14.6. The van der Waals surface area contributed by atoms with Gasteiger partial charge in [0.2, 0.25) is 5.91 Å². The number of hydrogen-bond donors (Lipinski definition) is 4. The lowest BCUT2D eigenvalue weighted by Crippen LogP contribution is -2.30. The molecule has 53 heavy (non-hydrogen) atoms. The fourth-order valence-electron chi connectivity index (χ4n) is 7.20. The molecule has 0 saturated carbocycles. The number of unbranched alkanes of at least 4 members (excludes halogenated alkanes) is 2. The predicted octanol–water partition coefficient (Wildman–Crippen LogP) is 7.63. The summed E-state index contributed by atoms with van der Waals surface area (Å²) in [5.74, 6) is -0.792. The monoisotopic (exact) mass is 745 g/mol. The van der Waals surface area contributed by atoms with E-state index < -0.39 is 0 Å². The molecule has 0 saturated heterocycles. The quantitative estimate of drug-likeness (QED) is 0.0612. The van der Waals surface area contributed by atoms with Crippen LogP contribution < -0.4 is 15.5 Å². The van der Waals surface area contributed by atoms with Crippen LogP contribution in [0.25, 0.3) is 31.9 Å². The summed E-state index contributed by atoms with van der Waals surface area (Å²) in [6.07, 6.45) is 4.80. The molecule has 267 valence electrons. The molecule has 3 aromatic heterocycles. The number of amides is 5. The van der Waals surface area contributed by atoms with Gasteiger partial charge in [0, 0.05) is 98.5 Å². The number of anilines is 3. The molecule has 0 bridgehead atoms. The number of rotatable bonds is 11. The first-order chi connectivity index (χ1) is 25.7. The Bertz CT molecular complexity index is 2490. The van der Waals surface area contributed by atoms with Crippen LogP contribution in [0.4, 0.5) is 17.1 Å². The van der Waals surface area contributed by atoms with Crippen LogP contribution in [0.1, 0.15) is 63.7 Å². The largest absolute Gasteiger partial charge is 0.351 e. The number of carbonyl (C=O) groups is 5. The van der Waals surface area contributed by atoms with Crippen molar-refractivity contribution in [2.75, 3.05) is 34.5 Å². The lowest BCUT2D eigenvalue weighted by Gasteiger charge is -2.16. The van der Waals surface area contributed by atoms with E-state index >= 15 is 0 Å². The van der Waals surface area contributed by atoms with Gasteiger partial charge >= 0.3 is 0 Å². The molecule has 0 aliphatic carbocycles. The lowest BCUT2D eigenvalue weighted by molar-refractivity contribution is -0.136. The van der Waals surface area contributed by atoms with Crippen molar-refractivity contribution in [1.29, 1.82) is 0 Å². The Morgan fingerprint density at radius 2 is 1.58 bits per heavy atom. The molecule has 0 spiro atoms. The molecular formula is C40H34ClN6O5S. The zero-order valence-electron chi connectivity index (χ0n) is 28.7. The average Bonchev–Trinajstić information content (AvgIpc) is 3.98. The summed E-state index contributed by atoms with van der Waals surface area (Å²) in [7, 11) is 0. The number of benzene rings is 3. The van der Waals surface area contributed by atoms with Crippen LogP contribution in [0.15, 0.2) is 72.1 Å². The minimum atomic E-state index is -0.335. The Morgan fingerprint density at radius 3 is 2.30 bits per heavy atom. The van der Waals surface area contributed by atoms with Crippen molar-refractivity contribution in [2.45, 2.75) is 38.5 Å². The Labute approximate surface area is 313 Å². The highest BCUT2D eigenvalue weighted by Gasteiger charge is 2.35. The number of aromatic nitrogens is 2. The molecule has 5 amide bonds. The smallest absolute Gasteiger partial charge is 0.274 e. The summed E-state index contributed by atoms with van der Waals surface area (Å²) in [5.41, 5.74) is 6.59. The number of alkyl halides is 1. The van der Waals surface area contributed by atoms with Crippen LogP contribution in [0.5, 0.6) is 0 Å². The minimum absolute atomic E-state index is 0.0242. The first-order valence-corrected chi connectivity index (χ1v) is 18.8. The number of H-pyrrole nitrogens is 2. The number of nitrogens with one attached hydrogen (secondary N) is 4. The third kappa shape index (κ3) is 6.60. The van der Waals surface area contributed by atoms with Crippen LogP contribution in [0.2, 0.25) is 0 Å². The van der Waals surface area contributed by atoms with E-state index in [1.54, 1.807) is 52.6 Å². The van der Waals surface area contributed by atoms with E-state index in [-0.39, 0.29) is 35.5 Å². The molecular weight excluding hydrogens is 712 g/mol. The number of nitrogens with zero attached hydrogens (tertiary/aromatic N) is 2. The van der Waals surface area contributed by atoms with Gasteiger partial charge in [0.15, 0.2) is 0 Å². The summed E-state index contributed by atoms with van der Waals surface area (Å²) in [6, 6.07) is 19.6. The summed E-state index contributed by atoms with van der Waals surface area (Å²) in [6.45, 7) is 2.91. The highest BCUT2D eigenvalue weighted by Crippen LogP contribution is 2.45. The van der Waals surface area contributed by atoms with Gasteiger partial charge in [0.1, 0.15) is 11.4 Å². The summed E-state index contributed by atoms with van der Waals surface area (Å²) < 4.78 is 1.07. The third-order valence-corrected chi connectivity index (χ3v) is 11.2. The molecule has 0 fully saturated rings. The standard InChI is InChI=1S/C40H34ClN6O5S/c1-22-21-53-33-11-10-32-38(37(22)33)25(19-41)20-47(32)40(52)31-18-24-16-27(7-9-29(24)45-31)43-39(51)30-17-23-15-26(6-8-28(23)44-30)42-34(48)5-3-2-4-14-46-35(49)12-13-36(46)50/h6-10,12-13,15-18,21,25,44-45H,2-5,14,19-20H2,1H3,(H,42,48)(H,43,51)/t25-/m1/s1. The topological polar surface area (TPSA) is 147 Å². The van der Waals surface area contributed by atoms with Gasteiger partial charge in [-0.1, -0.05) is 6.42 Å². The van der Waals surface area contributed by atoms with Crippen molar-refractivity contribution in [3.05, 3.63) is 101 Å². The Morgan fingerprint density at radius 1 is 0.906 bits per heavy atom. The number of carbonyl (C=O) groups excluding carboxylic acids is 5. The van der Waals surface area contributed by atoms with E-state index in [1.807, 2.05) is 18.2 Å². The van der Waals surface area contributed by atoms with Crippen LogP contribution in [0, 0.1) is 13.0 Å². The molecule has 2 aliphatic rings. The lowest BCUT2D eigenvalue weighted by atomic mass is 9.97. The normalized spacial score (nSPS) is 15.3. The number of aromatic amines is 2. The number of thiophene rings is 1. The zero-order valence-corrected chi connectivity index (χ0v) is 30.2. The van der Waals surface area contributed by atoms with Gasteiger partial charge in [0.25, 0.3) is 23.6 Å². The number of aryl methyl sites for hydroxylation is 1. The summed E-state index contributed by atoms with van der Waals surface area (Å²) in [4.78, 5) is 72.4. The van der Waals surface area contributed by atoms with Crippen LogP contribution in [0.3, 0.4) is 0 Å². The Hall–Kier alpha value is -5.72. The molecule has 8 rings (SSSR count). The van der Waals surface area contributed by atoms with Crippen LogP contribution in [-0.4, -0.2) is 63.4 Å². The number of fused-ring (bicyclic) bond motifs is 5. The molecule has 2 aliphatic heterocycles. The molecule has 0 unspecified atom stereocenters. The number of hydrogen-bond acceptors (Lipinski definition) is 6. The van der Waals surface area contributed by atoms with E-state index in [9.17, 15) is 24.0 Å². The van der Waals surface area contributed by atoms with Crippen molar-refractivity contribution in [3.8, 4) is 0 Å². The van der Waals surface area contributed by atoms with Crippen molar-refractivity contribution in [1.82, 2.24) is 14.9 Å². The van der Waals surface area contributed by atoms with E-state index in [0.29, 0.717) is 67.4 Å². The van der Waals surface area contributed by atoms with Gasteiger partial charge in [0.05, 0.1) is 0 Å². The molecule has 4 N–H and O–H groups in total. The first-order valence-electron chi connectivity index (χ1n) is 17.4. The first kappa shape index (κ1) is 34.4. The zero-order chi connectivity index (χ0) is 36.8. The maximum atomic E-state index is 13.9. The van der Waals surface area contributed by atoms with Gasteiger partial charge in [-0.2, -0.15) is 0 Å². The Kier molecular flexibility index (Phi) is 9.09. The molecule has 5 heterocycles. The SMILES string of the molecule is Cc1csc2[c]cc3c(c12)[C@H](CCl)CN3C(=O)c1cc2cc(NC(=O)c3cc4cc(NC(=O)CCCCCN5C(=O)C=CC5=O)ccc4[nH]3)ccc2[nH]1. The van der Waals surface area contributed by atoms with Gasteiger partial charge < -0.3 is 25.5 Å². The summed E-state index contributed by atoms with van der Waals surface area (Å²) in [5, 5.41) is 10.6. The van der Waals surface area contributed by atoms with Crippen molar-refractivity contribution in [3.63, 3.8) is 0 Å². The predicted molar refractivity (Wildman–Crippen MR) is 208 cm³/mol. The number of imide groups is 1. The van der Waals surface area contributed by atoms with Crippen molar-refractivity contribution >= 4 is 101 Å². The van der Waals surface area contributed by atoms with Gasteiger partial charge in [-0.25, -0.2) is 0 Å². The maximum Gasteiger partial charge on any atom is 0.274 e. The minimum Gasteiger partial charge on any atom is -0.351 e. The second kappa shape index (κ2) is 14.0. The summed E-state index contributed by atoms with van der Waals surface area (Å²) >= 11 is 8.06. The highest BCUT2D eigenvalue weighted by molar-refractivity contribution is 7.17. The molecule has 13 heteroatoms. The second-order valence-electron chi connectivity index (χ2n) is 13.4. The fraction of sp³-hybridized carbons (Fsp3) is 0.225. The van der Waals surface area contributed by atoms with E-state index in [1.165, 1.54) is 17.1 Å². The number of halogens is 1. The van der Waals surface area contributed by atoms with E-state index in [4.69, 9.17) is 11.6 Å². The van der Waals surface area contributed by atoms with E-state index in [2.05, 4.69) is 39.0 Å². The molecule has 1 radical (unpaired) electrons. The Balaban J connectivity index is 0.892. The van der Waals surface area contributed by atoms with E-state index in [0.717, 1.165) is 48.7 Å². The van der Waals surface area contributed by atoms with Crippen LogP contribution in [-0.2, 0) is 14.4 Å². The molecule has 11 nitrogen and oxygen atoms in total. The van der Waals surface area contributed by atoms with Gasteiger partial charge in [-0.05, 0) is 90.9 Å². The van der Waals surface area contributed by atoms with Crippen molar-refractivity contribution in [2.24, 2.45) is 0 Å². The fourth-order valence-corrected chi connectivity index (χ4v) is 8.38. The average molecular weight is 746 g/mol. The highest BCUT2D eigenvalue weighted by atomic mass is 35.5.